The number of carbonyl (C=O) groups is 2. The summed E-state index contributed by atoms with van der Waals surface area (Å²) in [6, 6.07) is 5.84. The van der Waals surface area contributed by atoms with Gasteiger partial charge in [0, 0.05) is 54.2 Å². The lowest BCUT2D eigenvalue weighted by molar-refractivity contribution is -0.127. The molecule has 34 heavy (non-hydrogen) atoms. The molecule has 1 amide bonds. The molecule has 1 saturated carbocycles. The molecule has 2 aromatic heterocycles. The predicted octanol–water partition coefficient (Wildman–Crippen LogP) is 4.56. The topological polar surface area (TPSA) is 80.1 Å². The third kappa shape index (κ3) is 4.71. The summed E-state index contributed by atoms with van der Waals surface area (Å²) >= 11 is 1.71. The molecule has 0 aromatic carbocycles. The zero-order valence-electron chi connectivity index (χ0n) is 20.6. The highest BCUT2D eigenvalue weighted by Gasteiger charge is 2.42. The molecule has 2 unspecified atom stereocenters. The Morgan fingerprint density at radius 1 is 1.18 bits per heavy atom. The highest BCUT2D eigenvalue weighted by Crippen LogP contribution is 2.42. The van der Waals surface area contributed by atoms with E-state index in [9.17, 15) is 9.59 Å². The van der Waals surface area contributed by atoms with E-state index in [-0.39, 0.29) is 23.7 Å². The van der Waals surface area contributed by atoms with E-state index >= 15 is 0 Å². The van der Waals surface area contributed by atoms with Crippen LogP contribution >= 0.6 is 11.3 Å². The van der Waals surface area contributed by atoms with Crippen molar-refractivity contribution in [3.63, 3.8) is 0 Å². The molecule has 1 N–H and O–H groups in total. The van der Waals surface area contributed by atoms with E-state index in [4.69, 9.17) is 0 Å². The van der Waals surface area contributed by atoms with Crippen LogP contribution in [-0.4, -0.2) is 50.0 Å². The summed E-state index contributed by atoms with van der Waals surface area (Å²) in [5.74, 6) is 2.64. The fraction of sp³-hybridized carbons (Fsp3) is 0.692. The van der Waals surface area contributed by atoms with Crippen molar-refractivity contribution in [3.05, 3.63) is 34.0 Å². The number of fused-ring (bicyclic) bond motifs is 2. The number of aryl methyl sites for hydroxylation is 1. The first-order chi connectivity index (χ1) is 16.4. The maximum Gasteiger partial charge on any atom is 0.224 e. The summed E-state index contributed by atoms with van der Waals surface area (Å²) in [7, 11) is 0. The van der Waals surface area contributed by atoms with Gasteiger partial charge in [-0.2, -0.15) is 0 Å². The molecule has 1 aliphatic carbocycles. The molecule has 0 radical (unpaired) electrons. The normalized spacial score (nSPS) is 28.1. The quantitative estimate of drug-likeness (QED) is 0.596. The lowest BCUT2D eigenvalue weighted by Gasteiger charge is -2.40. The Labute approximate surface area is 206 Å². The van der Waals surface area contributed by atoms with Gasteiger partial charge in [0.15, 0.2) is 0 Å². The SMILES string of the molecule is Cc1nnc(C(C)C)n1C1C[C@H]2CC[C@@H](C1)N2CC[C@H](NC(=O)C1CCC(=O)C1)c1cccs1. The molecule has 2 aromatic rings. The fourth-order valence-corrected chi connectivity index (χ4v) is 7.25. The van der Waals surface area contributed by atoms with Crippen molar-refractivity contribution in [1.82, 2.24) is 25.0 Å². The number of rotatable bonds is 8. The van der Waals surface area contributed by atoms with Crippen molar-refractivity contribution < 1.29 is 9.59 Å². The van der Waals surface area contributed by atoms with Crippen molar-refractivity contribution in [2.24, 2.45) is 5.92 Å². The van der Waals surface area contributed by atoms with Crippen LogP contribution in [0.2, 0.25) is 0 Å². The Balaban J connectivity index is 1.24. The Morgan fingerprint density at radius 2 is 1.94 bits per heavy atom. The number of thiophene rings is 1. The number of Topliss-reactive ketones (excluding diaryl/α,β-unsaturated/α-hetero) is 1. The highest BCUT2D eigenvalue weighted by atomic mass is 32.1. The van der Waals surface area contributed by atoms with Crippen LogP contribution in [0.15, 0.2) is 17.5 Å². The largest absolute Gasteiger partial charge is 0.348 e. The van der Waals surface area contributed by atoms with Gasteiger partial charge in [0.2, 0.25) is 5.91 Å². The van der Waals surface area contributed by atoms with E-state index in [2.05, 4.69) is 63.3 Å². The second-order valence-corrected chi connectivity index (χ2v) is 11.7. The molecule has 2 saturated heterocycles. The number of ketones is 1. The number of hydrogen-bond acceptors (Lipinski definition) is 6. The number of nitrogens with one attached hydrogen (secondary N) is 1. The highest BCUT2D eigenvalue weighted by molar-refractivity contribution is 7.10. The van der Waals surface area contributed by atoms with Gasteiger partial charge in [0.25, 0.3) is 0 Å². The van der Waals surface area contributed by atoms with Gasteiger partial charge in [0.1, 0.15) is 17.4 Å². The van der Waals surface area contributed by atoms with Crippen LogP contribution in [0.5, 0.6) is 0 Å². The molecule has 5 rings (SSSR count). The first kappa shape index (κ1) is 23.7. The van der Waals surface area contributed by atoms with E-state index in [1.54, 1.807) is 11.3 Å². The van der Waals surface area contributed by atoms with Gasteiger partial charge in [-0.1, -0.05) is 19.9 Å². The van der Waals surface area contributed by atoms with Crippen molar-refractivity contribution in [3.8, 4) is 0 Å². The Morgan fingerprint density at radius 3 is 2.56 bits per heavy atom. The first-order valence-corrected chi connectivity index (χ1v) is 13.8. The lowest BCUT2D eigenvalue weighted by atomic mass is 9.95. The van der Waals surface area contributed by atoms with Crippen molar-refractivity contribution in [2.75, 3.05) is 6.54 Å². The van der Waals surface area contributed by atoms with Gasteiger partial charge in [0.05, 0.1) is 6.04 Å². The van der Waals surface area contributed by atoms with Crippen molar-refractivity contribution in [1.29, 1.82) is 0 Å². The van der Waals surface area contributed by atoms with E-state index in [0.29, 0.717) is 43.3 Å². The zero-order valence-corrected chi connectivity index (χ0v) is 21.4. The molecule has 5 atom stereocenters. The molecule has 3 fully saturated rings. The number of nitrogens with zero attached hydrogens (tertiary/aromatic N) is 4. The third-order valence-corrected chi connectivity index (χ3v) is 9.12. The minimum Gasteiger partial charge on any atom is -0.348 e. The maximum atomic E-state index is 12.9. The van der Waals surface area contributed by atoms with Crippen molar-refractivity contribution >= 4 is 23.0 Å². The maximum absolute atomic E-state index is 12.9. The van der Waals surface area contributed by atoms with Crippen LogP contribution in [-0.2, 0) is 9.59 Å². The third-order valence-electron chi connectivity index (χ3n) is 8.13. The van der Waals surface area contributed by atoms with E-state index in [0.717, 1.165) is 37.5 Å². The van der Waals surface area contributed by atoms with Gasteiger partial charge >= 0.3 is 0 Å². The number of amides is 1. The van der Waals surface area contributed by atoms with Crippen LogP contribution in [0.1, 0.15) is 99.7 Å². The summed E-state index contributed by atoms with van der Waals surface area (Å²) in [5, 5.41) is 14.2. The summed E-state index contributed by atoms with van der Waals surface area (Å²) in [6.07, 6.45) is 7.35. The van der Waals surface area contributed by atoms with Gasteiger partial charge in [-0.15, -0.1) is 21.5 Å². The molecule has 4 heterocycles. The van der Waals surface area contributed by atoms with E-state index < -0.39 is 0 Å². The Kier molecular flexibility index (Phi) is 6.89. The minimum absolute atomic E-state index is 0.0213. The number of piperidine rings is 1. The molecule has 8 heteroatoms. The standard InChI is InChI=1S/C26H37N5O2S/c1-16(2)25-29-28-17(3)31(25)21-14-19-7-8-20(15-21)30(19)11-10-23(24-5-4-12-34-24)27-26(33)18-6-9-22(32)13-18/h4-5,12,16,18-21,23H,6-11,13-15H2,1-3H3,(H,27,33)/t18?,19-,20+,21?,23-/m0/s1. The fourth-order valence-electron chi connectivity index (χ4n) is 6.43. The molecule has 7 nitrogen and oxygen atoms in total. The number of carbonyl (C=O) groups excluding carboxylic acids is 2. The molecule has 2 bridgehead atoms. The summed E-state index contributed by atoms with van der Waals surface area (Å²) in [4.78, 5) is 28.5. The molecule has 0 spiro atoms. The smallest absolute Gasteiger partial charge is 0.224 e. The minimum atomic E-state index is -0.149. The van der Waals surface area contributed by atoms with Crippen LogP contribution in [0, 0.1) is 12.8 Å². The van der Waals surface area contributed by atoms with Crippen LogP contribution in [0.25, 0.3) is 0 Å². The molecular weight excluding hydrogens is 446 g/mol. The van der Waals surface area contributed by atoms with Gasteiger partial charge in [-0.25, -0.2) is 0 Å². The van der Waals surface area contributed by atoms with Crippen LogP contribution in [0.3, 0.4) is 0 Å². The first-order valence-electron chi connectivity index (χ1n) is 12.9. The number of aromatic nitrogens is 3. The summed E-state index contributed by atoms with van der Waals surface area (Å²) in [6.45, 7) is 7.47. The molecule has 2 aliphatic heterocycles. The Hall–Kier alpha value is -2.06. The molecule has 184 valence electrons. The predicted molar refractivity (Wildman–Crippen MR) is 133 cm³/mol. The van der Waals surface area contributed by atoms with E-state index in [1.807, 2.05) is 0 Å². The van der Waals surface area contributed by atoms with Crippen LogP contribution < -0.4 is 5.32 Å². The van der Waals surface area contributed by atoms with E-state index in [1.165, 1.54) is 17.7 Å². The second kappa shape index (κ2) is 9.90. The molecule has 3 aliphatic rings. The average Bonchev–Trinajstić information content (AvgIpc) is 3.59. The zero-order chi connectivity index (χ0) is 23.8. The van der Waals surface area contributed by atoms with Gasteiger partial charge in [-0.3, -0.25) is 14.5 Å². The second-order valence-electron chi connectivity index (χ2n) is 10.7. The monoisotopic (exact) mass is 483 g/mol. The summed E-state index contributed by atoms with van der Waals surface area (Å²) in [5.41, 5.74) is 0. The molecular formula is C26H37N5O2S. The number of hydrogen-bond donors (Lipinski definition) is 1. The van der Waals surface area contributed by atoms with Gasteiger partial charge < -0.3 is 9.88 Å². The lowest BCUT2D eigenvalue weighted by Crippen LogP contribution is -2.45. The van der Waals surface area contributed by atoms with Gasteiger partial charge in [-0.05, 0) is 56.9 Å². The summed E-state index contributed by atoms with van der Waals surface area (Å²) < 4.78 is 2.41. The van der Waals surface area contributed by atoms with Crippen molar-refractivity contribution in [2.45, 2.75) is 102 Å². The van der Waals surface area contributed by atoms with Crippen LogP contribution in [0.4, 0.5) is 0 Å². The average molecular weight is 484 g/mol. The Bertz CT molecular complexity index is 1000.